The zero-order chi connectivity index (χ0) is 19.1. The summed E-state index contributed by atoms with van der Waals surface area (Å²) in [6.45, 7) is 0.464. The van der Waals surface area contributed by atoms with E-state index in [0.29, 0.717) is 6.54 Å². The fourth-order valence-electron chi connectivity index (χ4n) is 2.62. The summed E-state index contributed by atoms with van der Waals surface area (Å²) in [6, 6.07) is 8.27. The number of hydrogen-bond donors (Lipinski definition) is 2. The number of nitrogens with one attached hydrogen (secondary N) is 1. The number of nitrogens with zero attached hydrogens (tertiary/aromatic N) is 3. The Morgan fingerprint density at radius 2 is 2.00 bits per heavy atom. The van der Waals surface area contributed by atoms with Crippen molar-refractivity contribution in [2.45, 2.75) is 12.8 Å². The van der Waals surface area contributed by atoms with Crippen molar-refractivity contribution in [1.29, 1.82) is 0 Å². The predicted molar refractivity (Wildman–Crippen MR) is 95.1 cm³/mol. The van der Waals surface area contributed by atoms with E-state index in [2.05, 4.69) is 10.4 Å². The number of amides is 1. The molecule has 140 valence electrons. The molecule has 26 heavy (non-hydrogen) atoms. The first-order valence-electron chi connectivity index (χ1n) is 8.31. The first kappa shape index (κ1) is 19.6. The summed E-state index contributed by atoms with van der Waals surface area (Å²) in [5.41, 5.74) is 2.75. The van der Waals surface area contributed by atoms with Crippen LogP contribution in [0.1, 0.15) is 12.1 Å². The van der Waals surface area contributed by atoms with Crippen molar-refractivity contribution < 1.29 is 19.1 Å². The van der Waals surface area contributed by atoms with Crippen LogP contribution in [0.3, 0.4) is 0 Å². The van der Waals surface area contributed by atoms with E-state index in [0.717, 1.165) is 29.8 Å². The molecule has 0 fully saturated rings. The van der Waals surface area contributed by atoms with Gasteiger partial charge in [0.15, 0.2) is 0 Å². The molecule has 2 N–H and O–H groups in total. The lowest BCUT2D eigenvalue weighted by molar-refractivity contribution is -0.138. The maximum atomic E-state index is 13.0. The monoisotopic (exact) mass is 362 g/mol. The van der Waals surface area contributed by atoms with Gasteiger partial charge in [0.25, 0.3) is 0 Å². The number of likely N-dealkylation sites (N-methyl/N-ethyl adjacent to an activating group) is 1. The molecule has 0 radical (unpaired) electrons. The van der Waals surface area contributed by atoms with E-state index >= 15 is 0 Å². The van der Waals surface area contributed by atoms with Crippen LogP contribution in [0.2, 0.25) is 0 Å². The highest BCUT2D eigenvalue weighted by atomic mass is 19.1. The van der Waals surface area contributed by atoms with Gasteiger partial charge >= 0.3 is 5.97 Å². The van der Waals surface area contributed by atoms with Crippen molar-refractivity contribution >= 4 is 11.9 Å². The lowest BCUT2D eigenvalue weighted by atomic mass is 10.1. The van der Waals surface area contributed by atoms with Crippen LogP contribution in [-0.2, 0) is 23.1 Å². The highest BCUT2D eigenvalue weighted by Crippen LogP contribution is 2.20. The van der Waals surface area contributed by atoms with E-state index in [-0.39, 0.29) is 24.8 Å². The quantitative estimate of drug-likeness (QED) is 0.702. The van der Waals surface area contributed by atoms with Gasteiger partial charge in [-0.15, -0.1) is 0 Å². The maximum absolute atomic E-state index is 13.0. The van der Waals surface area contributed by atoms with Gasteiger partial charge in [0, 0.05) is 7.05 Å². The molecule has 0 aliphatic carbocycles. The molecule has 1 aromatic carbocycles. The average Bonchev–Trinajstić information content (AvgIpc) is 2.94. The summed E-state index contributed by atoms with van der Waals surface area (Å²) < 4.78 is 14.8. The number of carbonyl (C=O) groups excluding carboxylic acids is 1. The molecule has 1 amide bonds. The van der Waals surface area contributed by atoms with Crippen molar-refractivity contribution in [3.05, 3.63) is 41.8 Å². The van der Waals surface area contributed by atoms with Crippen molar-refractivity contribution in [3.8, 4) is 11.3 Å². The molecule has 0 bridgehead atoms. The number of rotatable bonds is 9. The minimum atomic E-state index is -1.06. The van der Waals surface area contributed by atoms with Gasteiger partial charge in [0.2, 0.25) is 5.91 Å². The summed E-state index contributed by atoms with van der Waals surface area (Å²) in [5.74, 6) is -1.65. The van der Waals surface area contributed by atoms with Crippen LogP contribution in [0.25, 0.3) is 11.3 Å². The fraction of sp³-hybridized carbons (Fsp3) is 0.389. The minimum Gasteiger partial charge on any atom is -0.480 e. The summed E-state index contributed by atoms with van der Waals surface area (Å²) in [4.78, 5) is 23.8. The maximum Gasteiger partial charge on any atom is 0.322 e. The van der Waals surface area contributed by atoms with Crippen LogP contribution < -0.4 is 5.32 Å². The third kappa shape index (κ3) is 5.96. The average molecular weight is 362 g/mol. The molecule has 8 heteroatoms. The number of hydrogen-bond acceptors (Lipinski definition) is 4. The Morgan fingerprint density at radius 1 is 1.31 bits per heavy atom. The largest absolute Gasteiger partial charge is 0.480 e. The van der Waals surface area contributed by atoms with E-state index in [4.69, 9.17) is 5.11 Å². The van der Waals surface area contributed by atoms with E-state index in [1.807, 2.05) is 25.1 Å². The molecule has 1 heterocycles. The van der Waals surface area contributed by atoms with Gasteiger partial charge in [-0.3, -0.25) is 19.2 Å². The van der Waals surface area contributed by atoms with Crippen LogP contribution in [0.15, 0.2) is 30.3 Å². The second-order valence-corrected chi connectivity index (χ2v) is 6.16. The molecule has 0 unspecified atom stereocenters. The number of benzene rings is 1. The zero-order valence-electron chi connectivity index (χ0n) is 14.9. The molecule has 0 atom stereocenters. The molecule has 2 aromatic rings. The highest BCUT2D eigenvalue weighted by Gasteiger charge is 2.10. The Bertz CT molecular complexity index is 758. The van der Waals surface area contributed by atoms with Crippen LogP contribution in [0.4, 0.5) is 4.39 Å². The summed E-state index contributed by atoms with van der Waals surface area (Å²) in [5, 5.41) is 15.3. The molecule has 0 aliphatic heterocycles. The predicted octanol–water partition coefficient (Wildman–Crippen LogP) is 1.29. The van der Waals surface area contributed by atoms with Crippen LogP contribution in [0.5, 0.6) is 0 Å². The van der Waals surface area contributed by atoms with Crippen LogP contribution in [-0.4, -0.2) is 58.3 Å². The van der Waals surface area contributed by atoms with Gasteiger partial charge in [0.05, 0.1) is 17.9 Å². The van der Waals surface area contributed by atoms with E-state index in [1.54, 1.807) is 16.8 Å². The van der Waals surface area contributed by atoms with Crippen molar-refractivity contribution in [2.24, 2.45) is 7.05 Å². The molecule has 0 spiro atoms. The normalized spacial score (nSPS) is 10.9. The number of carboxylic acid groups (broad SMARTS) is 1. The first-order chi connectivity index (χ1) is 12.3. The second kappa shape index (κ2) is 9.10. The van der Waals surface area contributed by atoms with E-state index in [9.17, 15) is 14.0 Å². The first-order valence-corrected chi connectivity index (χ1v) is 8.31. The molecular formula is C18H23FN4O3. The zero-order valence-corrected chi connectivity index (χ0v) is 14.9. The standard InChI is InChI=1S/C18H23FN4O3/c1-22(12-17(24)20-11-18(25)26)9-3-4-15-10-16(23(2)21-15)13-5-7-14(19)8-6-13/h5-8,10H,3-4,9,11-12H2,1-2H3,(H,20,24)(H,25,26). The third-order valence-corrected chi connectivity index (χ3v) is 3.89. The molecule has 0 aliphatic rings. The molecule has 2 rings (SSSR count). The SMILES string of the molecule is CN(CCCc1cc(-c2ccc(F)cc2)n(C)n1)CC(=O)NCC(=O)O. The third-order valence-electron chi connectivity index (χ3n) is 3.89. The Kier molecular flexibility index (Phi) is 6.85. The van der Waals surface area contributed by atoms with Crippen LogP contribution >= 0.6 is 0 Å². The second-order valence-electron chi connectivity index (χ2n) is 6.16. The van der Waals surface area contributed by atoms with E-state index < -0.39 is 5.97 Å². The van der Waals surface area contributed by atoms with Gasteiger partial charge in [-0.1, -0.05) is 0 Å². The molecular weight excluding hydrogens is 339 g/mol. The van der Waals surface area contributed by atoms with Gasteiger partial charge in [-0.05, 0) is 62.3 Å². The topological polar surface area (TPSA) is 87.5 Å². The smallest absolute Gasteiger partial charge is 0.322 e. The highest BCUT2D eigenvalue weighted by molar-refractivity contribution is 5.82. The van der Waals surface area contributed by atoms with Gasteiger partial charge in [0.1, 0.15) is 12.4 Å². The van der Waals surface area contributed by atoms with Gasteiger partial charge < -0.3 is 10.4 Å². The van der Waals surface area contributed by atoms with Crippen LogP contribution in [0, 0.1) is 5.82 Å². The number of carboxylic acids is 1. The number of halogens is 1. The summed E-state index contributed by atoms with van der Waals surface area (Å²) in [7, 11) is 3.66. The summed E-state index contributed by atoms with van der Waals surface area (Å²) >= 11 is 0. The summed E-state index contributed by atoms with van der Waals surface area (Å²) in [6.07, 6.45) is 1.55. The Balaban J connectivity index is 1.81. The van der Waals surface area contributed by atoms with Gasteiger partial charge in [-0.25, -0.2) is 4.39 Å². The van der Waals surface area contributed by atoms with Crippen molar-refractivity contribution in [1.82, 2.24) is 20.0 Å². The Morgan fingerprint density at radius 3 is 2.65 bits per heavy atom. The number of aryl methyl sites for hydroxylation is 2. The number of carbonyl (C=O) groups is 2. The molecule has 0 saturated heterocycles. The number of aromatic nitrogens is 2. The minimum absolute atomic E-state index is 0.149. The van der Waals surface area contributed by atoms with Gasteiger partial charge in [-0.2, -0.15) is 5.10 Å². The van der Waals surface area contributed by atoms with Crippen molar-refractivity contribution in [2.75, 3.05) is 26.7 Å². The lowest BCUT2D eigenvalue weighted by Gasteiger charge is -2.15. The van der Waals surface area contributed by atoms with E-state index in [1.165, 1.54) is 12.1 Å². The lowest BCUT2D eigenvalue weighted by Crippen LogP contribution is -2.38. The molecule has 7 nitrogen and oxygen atoms in total. The molecule has 0 saturated carbocycles. The Hall–Kier alpha value is -2.74. The fourth-order valence-corrected chi connectivity index (χ4v) is 2.62. The number of aliphatic carboxylic acids is 1. The van der Waals surface area contributed by atoms with Crippen molar-refractivity contribution in [3.63, 3.8) is 0 Å². The Labute approximate surface area is 151 Å². The molecule has 1 aromatic heterocycles.